The second kappa shape index (κ2) is 12.4. The van der Waals surface area contributed by atoms with E-state index in [1.54, 1.807) is 24.1 Å². The van der Waals surface area contributed by atoms with Crippen LogP contribution in [0.25, 0.3) is 54.8 Å². The maximum absolute atomic E-state index is 16.1. The highest BCUT2D eigenvalue weighted by atomic mass is 32.1. The molecule has 0 spiro atoms. The molecular formula is C35H30F2N6O4S. The first-order valence-corrected chi connectivity index (χ1v) is 16.0. The Kier molecular flexibility index (Phi) is 8.09. The Morgan fingerprint density at radius 3 is 2.73 bits per heavy atom. The van der Waals surface area contributed by atoms with Crippen LogP contribution in [-0.2, 0) is 29.7 Å². The molecule has 244 valence electrons. The summed E-state index contributed by atoms with van der Waals surface area (Å²) in [5.74, 6) is -1.81. The first kappa shape index (κ1) is 31.3. The van der Waals surface area contributed by atoms with Crippen molar-refractivity contribution in [1.29, 1.82) is 0 Å². The number of pyridine rings is 1. The zero-order valence-corrected chi connectivity index (χ0v) is 27.2. The Morgan fingerprint density at radius 1 is 1.10 bits per heavy atom. The number of aryl methyl sites for hydroxylation is 1. The molecule has 1 atom stereocenters. The molecule has 0 bridgehead atoms. The van der Waals surface area contributed by atoms with Crippen LogP contribution in [0.15, 0.2) is 71.6 Å². The number of halogens is 2. The molecule has 0 radical (unpaired) electrons. The number of aromatic nitrogens is 5. The molecule has 1 aliphatic heterocycles. The summed E-state index contributed by atoms with van der Waals surface area (Å²) >= 11 is 1.37. The van der Waals surface area contributed by atoms with Gasteiger partial charge in [-0.2, -0.15) is 5.10 Å². The molecule has 1 unspecified atom stereocenters. The van der Waals surface area contributed by atoms with Gasteiger partial charge in [-0.05, 0) is 42.6 Å². The summed E-state index contributed by atoms with van der Waals surface area (Å²) in [4.78, 5) is 36.9. The molecular weight excluding hydrogens is 638 g/mol. The van der Waals surface area contributed by atoms with Crippen molar-refractivity contribution in [2.24, 2.45) is 7.05 Å². The molecule has 0 fully saturated rings. The lowest BCUT2D eigenvalue weighted by Gasteiger charge is -2.33. The van der Waals surface area contributed by atoms with Gasteiger partial charge in [0.15, 0.2) is 0 Å². The number of thiophene rings is 1. The van der Waals surface area contributed by atoms with E-state index in [0.29, 0.717) is 62.3 Å². The highest BCUT2D eigenvalue weighted by Crippen LogP contribution is 2.47. The maximum Gasteiger partial charge on any atom is 0.260 e. The topological polar surface area (TPSA) is 104 Å². The van der Waals surface area contributed by atoms with Crippen molar-refractivity contribution in [2.45, 2.75) is 26.1 Å². The summed E-state index contributed by atoms with van der Waals surface area (Å²) in [7, 11) is 3.15. The number of rotatable bonds is 8. The van der Waals surface area contributed by atoms with Gasteiger partial charge in [-0.1, -0.05) is 12.6 Å². The highest BCUT2D eigenvalue weighted by Gasteiger charge is 2.30. The summed E-state index contributed by atoms with van der Waals surface area (Å²) in [5.41, 5.74) is 3.48. The molecule has 1 amide bonds. The number of methoxy groups -OCH3 is 1. The molecule has 1 aliphatic rings. The van der Waals surface area contributed by atoms with E-state index in [0.717, 1.165) is 17.8 Å². The number of ether oxygens (including phenoxy) is 2. The molecule has 5 heterocycles. The van der Waals surface area contributed by atoms with Crippen LogP contribution < -0.4 is 10.3 Å². The van der Waals surface area contributed by atoms with E-state index in [-0.39, 0.29) is 42.0 Å². The molecule has 0 N–H and O–H groups in total. The van der Waals surface area contributed by atoms with Crippen molar-refractivity contribution in [3.63, 3.8) is 0 Å². The third-order valence-electron chi connectivity index (χ3n) is 8.48. The van der Waals surface area contributed by atoms with E-state index in [9.17, 15) is 14.0 Å². The fourth-order valence-corrected chi connectivity index (χ4v) is 7.06. The van der Waals surface area contributed by atoms with Gasteiger partial charge < -0.3 is 18.9 Å². The molecule has 13 heteroatoms. The monoisotopic (exact) mass is 668 g/mol. The van der Waals surface area contributed by atoms with Crippen molar-refractivity contribution >= 4 is 38.2 Å². The molecule has 6 aromatic rings. The third kappa shape index (κ3) is 5.34. The van der Waals surface area contributed by atoms with Gasteiger partial charge in [-0.3, -0.25) is 14.3 Å². The minimum Gasteiger partial charge on any atom is -0.490 e. The molecule has 0 aliphatic carbocycles. The molecule has 2 aromatic carbocycles. The van der Waals surface area contributed by atoms with E-state index in [4.69, 9.17) is 19.6 Å². The Bertz CT molecular complexity index is 2310. The Labute approximate surface area is 277 Å². The van der Waals surface area contributed by atoms with Gasteiger partial charge in [0.2, 0.25) is 5.91 Å². The van der Waals surface area contributed by atoms with Gasteiger partial charge in [0.1, 0.15) is 35.4 Å². The van der Waals surface area contributed by atoms with Gasteiger partial charge in [0, 0.05) is 53.5 Å². The van der Waals surface area contributed by atoms with Crippen LogP contribution in [0.3, 0.4) is 0 Å². The van der Waals surface area contributed by atoms with Crippen LogP contribution in [0.1, 0.15) is 12.6 Å². The average molecular weight is 669 g/mol. The largest absolute Gasteiger partial charge is 0.490 e. The maximum atomic E-state index is 16.1. The number of carbonyl (C=O) groups excluding carboxylic acids is 1. The number of hydrogen-bond donors (Lipinski definition) is 0. The second-order valence-electron chi connectivity index (χ2n) is 11.6. The lowest BCUT2D eigenvalue weighted by molar-refractivity contribution is -0.129. The molecule has 0 saturated heterocycles. The minimum atomic E-state index is -0.825. The fourth-order valence-electron chi connectivity index (χ4n) is 6.11. The van der Waals surface area contributed by atoms with E-state index in [1.165, 1.54) is 35.4 Å². The van der Waals surface area contributed by atoms with Crippen molar-refractivity contribution < 1.29 is 23.0 Å². The van der Waals surface area contributed by atoms with Crippen molar-refractivity contribution in [1.82, 2.24) is 29.2 Å². The van der Waals surface area contributed by atoms with E-state index in [1.807, 2.05) is 35.2 Å². The first-order chi connectivity index (χ1) is 23.2. The summed E-state index contributed by atoms with van der Waals surface area (Å²) < 4.78 is 45.6. The van der Waals surface area contributed by atoms with Crippen molar-refractivity contribution in [3.05, 3.63) is 94.5 Å². The fraction of sp³-hybridized carbons (Fsp3) is 0.229. The van der Waals surface area contributed by atoms with E-state index in [2.05, 4.69) is 11.6 Å². The zero-order chi connectivity index (χ0) is 33.7. The van der Waals surface area contributed by atoms with E-state index >= 15 is 4.39 Å². The van der Waals surface area contributed by atoms with Crippen LogP contribution in [-0.4, -0.2) is 61.5 Å². The first-order valence-electron chi connectivity index (χ1n) is 15.2. The second-order valence-corrected chi connectivity index (χ2v) is 12.5. The zero-order valence-electron chi connectivity index (χ0n) is 26.4. The van der Waals surface area contributed by atoms with Gasteiger partial charge in [-0.15, -0.1) is 11.3 Å². The minimum absolute atomic E-state index is 0.00400. The smallest absolute Gasteiger partial charge is 0.260 e. The van der Waals surface area contributed by atoms with Gasteiger partial charge in [-0.25, -0.2) is 18.7 Å². The van der Waals surface area contributed by atoms with Crippen LogP contribution in [0, 0.1) is 11.6 Å². The lowest BCUT2D eigenvalue weighted by atomic mass is 9.96. The van der Waals surface area contributed by atoms with Crippen molar-refractivity contribution in [2.75, 3.05) is 20.3 Å². The van der Waals surface area contributed by atoms with E-state index < -0.39 is 11.6 Å². The molecule has 0 saturated carbocycles. The number of carbonyl (C=O) groups is 1. The highest BCUT2D eigenvalue weighted by molar-refractivity contribution is 7.18. The number of nitrogens with zero attached hydrogens (tertiary/aromatic N) is 6. The summed E-state index contributed by atoms with van der Waals surface area (Å²) in [6.45, 7) is 6.55. The third-order valence-corrected chi connectivity index (χ3v) is 9.41. The summed E-state index contributed by atoms with van der Waals surface area (Å²) in [5, 5.41) is 7.90. The quantitative estimate of drug-likeness (QED) is 0.146. The lowest BCUT2D eigenvalue weighted by Crippen LogP contribution is -2.44. The summed E-state index contributed by atoms with van der Waals surface area (Å²) in [6.07, 6.45) is 2.76. The SMILES string of the molecule is C=CC(=O)N1Cc2cc(-c3nc(-c4ccc5ncn(C)c(=O)c5c4)c4ccsc4c3-c3c(F)cc(F)cc3OCCOC)nn2CC1C. The number of hydrogen-bond acceptors (Lipinski definition) is 8. The Morgan fingerprint density at radius 2 is 1.94 bits per heavy atom. The van der Waals surface area contributed by atoms with Gasteiger partial charge >= 0.3 is 0 Å². The molecule has 4 aromatic heterocycles. The van der Waals surface area contributed by atoms with Crippen LogP contribution in [0.4, 0.5) is 8.78 Å². The van der Waals surface area contributed by atoms with Crippen LogP contribution >= 0.6 is 11.3 Å². The number of amides is 1. The number of fused-ring (bicyclic) bond motifs is 3. The normalized spacial score (nSPS) is 14.4. The molecule has 10 nitrogen and oxygen atoms in total. The number of benzene rings is 2. The van der Waals surface area contributed by atoms with Crippen LogP contribution in [0.5, 0.6) is 5.75 Å². The summed E-state index contributed by atoms with van der Waals surface area (Å²) in [6, 6.07) is 10.9. The standard InChI is InChI=1S/C35H30F2N6O4S/c1-5-29(44)42-17-22-15-27(40-43(22)16-19(42)2)33-31(30-25(37)13-21(36)14-28(30)47-10-9-46-4)34-23(8-11-48-34)32(39-33)20-6-7-26-24(12-20)35(45)41(3)18-38-26/h5-8,11-15,18-19H,1,9-10,16-17H2,2-4H3. The molecule has 48 heavy (non-hydrogen) atoms. The van der Waals surface area contributed by atoms with Crippen LogP contribution in [0.2, 0.25) is 0 Å². The predicted molar refractivity (Wildman–Crippen MR) is 180 cm³/mol. The average Bonchev–Trinajstić information content (AvgIpc) is 3.73. The molecule has 7 rings (SSSR count). The van der Waals surface area contributed by atoms with Gasteiger partial charge in [0.25, 0.3) is 5.56 Å². The Balaban J connectivity index is 1.51. The van der Waals surface area contributed by atoms with Crippen molar-refractivity contribution in [3.8, 4) is 39.5 Å². The Hall–Kier alpha value is -5.27. The predicted octanol–water partition coefficient (Wildman–Crippen LogP) is 5.96. The van der Waals surface area contributed by atoms with Gasteiger partial charge in [0.05, 0.1) is 53.9 Å².